The lowest BCUT2D eigenvalue weighted by Crippen LogP contribution is -2.09. The molecule has 5 N–H and O–H groups in total. The number of hydrogen-bond donors (Lipinski definition) is 3. The van der Waals surface area contributed by atoms with Gasteiger partial charge < -0.3 is 16.8 Å². The summed E-state index contributed by atoms with van der Waals surface area (Å²) >= 11 is 0. The molecule has 5 nitrogen and oxygen atoms in total. The minimum atomic E-state index is 0.415. The van der Waals surface area contributed by atoms with Crippen LogP contribution in [-0.4, -0.2) is 22.6 Å². The molecule has 0 amide bonds. The molecular formula is C9H15N5. The summed E-state index contributed by atoms with van der Waals surface area (Å²) in [5.41, 5.74) is 11.2. The van der Waals surface area contributed by atoms with Crippen molar-refractivity contribution in [2.24, 2.45) is 11.7 Å². The maximum Gasteiger partial charge on any atom is 0.224 e. The first kappa shape index (κ1) is 9.21. The van der Waals surface area contributed by atoms with Gasteiger partial charge in [-0.1, -0.05) is 0 Å². The molecule has 1 saturated carbocycles. The van der Waals surface area contributed by atoms with Crippen molar-refractivity contribution in [1.29, 1.82) is 0 Å². The van der Waals surface area contributed by atoms with Gasteiger partial charge in [-0.3, -0.25) is 0 Å². The van der Waals surface area contributed by atoms with Crippen molar-refractivity contribution < 1.29 is 0 Å². The second-order valence-electron chi connectivity index (χ2n) is 3.68. The van der Waals surface area contributed by atoms with E-state index >= 15 is 0 Å². The van der Waals surface area contributed by atoms with E-state index in [0.29, 0.717) is 23.7 Å². The Balaban J connectivity index is 1.74. The Morgan fingerprint density at radius 1 is 1.57 bits per heavy atom. The van der Waals surface area contributed by atoms with Crippen molar-refractivity contribution in [3.8, 4) is 0 Å². The van der Waals surface area contributed by atoms with E-state index in [9.17, 15) is 0 Å². The highest BCUT2D eigenvalue weighted by Gasteiger charge is 2.32. The lowest BCUT2D eigenvalue weighted by atomic mass is 10.3. The second-order valence-corrected chi connectivity index (χ2v) is 3.68. The molecule has 0 aromatic carbocycles. The summed E-state index contributed by atoms with van der Waals surface area (Å²) in [5, 5.41) is 3.12. The molecule has 0 saturated heterocycles. The molecule has 1 heterocycles. The molecule has 0 radical (unpaired) electrons. The Kier molecular flexibility index (Phi) is 2.49. The number of anilines is 2. The first-order valence-corrected chi connectivity index (χ1v) is 4.83. The Morgan fingerprint density at radius 2 is 2.36 bits per heavy atom. The first-order valence-electron chi connectivity index (χ1n) is 4.83. The lowest BCUT2D eigenvalue weighted by Gasteiger charge is -2.03. The summed E-state index contributed by atoms with van der Waals surface area (Å²) in [4.78, 5) is 8.08. The maximum absolute atomic E-state index is 5.69. The van der Waals surface area contributed by atoms with Gasteiger partial charge in [0, 0.05) is 18.8 Å². The largest absolute Gasteiger partial charge is 0.384 e. The quantitative estimate of drug-likeness (QED) is 0.636. The predicted molar refractivity (Wildman–Crippen MR) is 55.6 cm³/mol. The van der Waals surface area contributed by atoms with Gasteiger partial charge >= 0.3 is 0 Å². The standard InChI is InChI=1S/C9H15N5/c10-7-5-6(7)1-3-12-9-13-4-2-8(11)14-9/h2,4,6-7H,1,3,5,10H2,(H3,11,12,13,14). The van der Waals surface area contributed by atoms with Crippen LogP contribution in [0.4, 0.5) is 11.8 Å². The molecule has 1 aromatic heterocycles. The van der Waals surface area contributed by atoms with E-state index in [1.165, 1.54) is 0 Å². The average Bonchev–Trinajstić information content (AvgIpc) is 2.82. The molecule has 2 atom stereocenters. The summed E-state index contributed by atoms with van der Waals surface area (Å²) in [7, 11) is 0. The molecule has 2 rings (SSSR count). The van der Waals surface area contributed by atoms with E-state index in [1.54, 1.807) is 12.3 Å². The van der Waals surface area contributed by atoms with E-state index in [1.807, 2.05) is 0 Å². The van der Waals surface area contributed by atoms with E-state index in [2.05, 4.69) is 15.3 Å². The van der Waals surface area contributed by atoms with Gasteiger partial charge in [-0.25, -0.2) is 4.98 Å². The molecule has 0 aliphatic heterocycles. The smallest absolute Gasteiger partial charge is 0.224 e. The van der Waals surface area contributed by atoms with Gasteiger partial charge in [-0.15, -0.1) is 0 Å². The Bertz CT molecular complexity index is 314. The summed E-state index contributed by atoms with van der Waals surface area (Å²) < 4.78 is 0. The van der Waals surface area contributed by atoms with Crippen molar-refractivity contribution in [2.45, 2.75) is 18.9 Å². The van der Waals surface area contributed by atoms with Crippen LogP contribution in [0.5, 0.6) is 0 Å². The number of rotatable bonds is 4. The Labute approximate surface area is 82.9 Å². The van der Waals surface area contributed by atoms with Crippen LogP contribution in [-0.2, 0) is 0 Å². The normalized spacial score (nSPS) is 24.6. The number of aromatic nitrogens is 2. The third-order valence-corrected chi connectivity index (χ3v) is 2.45. The van der Waals surface area contributed by atoms with E-state index in [4.69, 9.17) is 11.5 Å². The van der Waals surface area contributed by atoms with Crippen molar-refractivity contribution in [1.82, 2.24) is 9.97 Å². The lowest BCUT2D eigenvalue weighted by molar-refractivity contribution is 0.725. The fourth-order valence-corrected chi connectivity index (χ4v) is 1.43. The third kappa shape index (κ3) is 2.32. The van der Waals surface area contributed by atoms with Crippen molar-refractivity contribution in [3.63, 3.8) is 0 Å². The van der Waals surface area contributed by atoms with E-state index in [0.717, 1.165) is 19.4 Å². The van der Waals surface area contributed by atoms with Gasteiger partial charge in [-0.05, 0) is 24.8 Å². The first-order chi connectivity index (χ1) is 6.75. The van der Waals surface area contributed by atoms with Gasteiger partial charge in [0.2, 0.25) is 5.95 Å². The van der Waals surface area contributed by atoms with Crippen molar-refractivity contribution in [3.05, 3.63) is 12.3 Å². The van der Waals surface area contributed by atoms with Crippen LogP contribution in [0.25, 0.3) is 0 Å². The zero-order valence-corrected chi connectivity index (χ0v) is 7.98. The minimum Gasteiger partial charge on any atom is -0.384 e. The molecule has 5 heteroatoms. The van der Waals surface area contributed by atoms with E-state index < -0.39 is 0 Å². The van der Waals surface area contributed by atoms with Crippen LogP contribution >= 0.6 is 0 Å². The number of nitrogens with two attached hydrogens (primary N) is 2. The topological polar surface area (TPSA) is 89.8 Å². The number of nitrogens with one attached hydrogen (secondary N) is 1. The molecule has 1 aliphatic rings. The van der Waals surface area contributed by atoms with Crippen LogP contribution < -0.4 is 16.8 Å². The molecule has 0 spiro atoms. The highest BCUT2D eigenvalue weighted by Crippen LogP contribution is 2.30. The second kappa shape index (κ2) is 3.79. The molecular weight excluding hydrogens is 178 g/mol. The van der Waals surface area contributed by atoms with Crippen LogP contribution in [0, 0.1) is 5.92 Å². The summed E-state index contributed by atoms with van der Waals surface area (Å²) in [6.45, 7) is 0.863. The average molecular weight is 193 g/mol. The van der Waals surface area contributed by atoms with Crippen LogP contribution in [0.3, 0.4) is 0 Å². The fraction of sp³-hybridized carbons (Fsp3) is 0.556. The van der Waals surface area contributed by atoms with Crippen molar-refractivity contribution in [2.75, 3.05) is 17.6 Å². The molecule has 76 valence electrons. The molecule has 1 aliphatic carbocycles. The minimum absolute atomic E-state index is 0.415. The summed E-state index contributed by atoms with van der Waals surface area (Å²) in [6, 6.07) is 2.08. The van der Waals surface area contributed by atoms with Crippen LogP contribution in [0.2, 0.25) is 0 Å². The molecule has 14 heavy (non-hydrogen) atoms. The van der Waals surface area contributed by atoms with Gasteiger partial charge in [0.1, 0.15) is 5.82 Å². The van der Waals surface area contributed by atoms with Gasteiger partial charge in [0.05, 0.1) is 0 Å². The van der Waals surface area contributed by atoms with Crippen LogP contribution in [0.15, 0.2) is 12.3 Å². The van der Waals surface area contributed by atoms with Crippen molar-refractivity contribution >= 4 is 11.8 Å². The van der Waals surface area contributed by atoms with Gasteiger partial charge in [0.15, 0.2) is 0 Å². The maximum atomic E-state index is 5.69. The zero-order valence-electron chi connectivity index (χ0n) is 7.98. The molecule has 0 bridgehead atoms. The van der Waals surface area contributed by atoms with E-state index in [-0.39, 0.29) is 0 Å². The SMILES string of the molecule is Nc1ccnc(NCCC2CC2N)n1. The summed E-state index contributed by atoms with van der Waals surface area (Å²) in [5.74, 6) is 1.77. The highest BCUT2D eigenvalue weighted by atomic mass is 15.1. The fourth-order valence-electron chi connectivity index (χ4n) is 1.43. The molecule has 2 unspecified atom stereocenters. The number of nitrogen functional groups attached to an aromatic ring is 1. The monoisotopic (exact) mass is 193 g/mol. The molecule has 1 aromatic rings. The number of hydrogen-bond acceptors (Lipinski definition) is 5. The van der Waals surface area contributed by atoms with Crippen LogP contribution in [0.1, 0.15) is 12.8 Å². The number of nitrogens with zero attached hydrogens (tertiary/aromatic N) is 2. The third-order valence-electron chi connectivity index (χ3n) is 2.45. The summed E-state index contributed by atoms with van der Waals surface area (Å²) in [6.07, 6.45) is 3.88. The molecule has 1 fully saturated rings. The Morgan fingerprint density at radius 3 is 3.00 bits per heavy atom. The highest BCUT2D eigenvalue weighted by molar-refractivity contribution is 5.34. The predicted octanol–water partition coefficient (Wildman–Crippen LogP) is 0.208. The van der Waals surface area contributed by atoms with Gasteiger partial charge in [-0.2, -0.15) is 4.98 Å². The Hall–Kier alpha value is -1.36. The van der Waals surface area contributed by atoms with Gasteiger partial charge in [0.25, 0.3) is 0 Å². The zero-order chi connectivity index (χ0) is 9.97.